The van der Waals surface area contributed by atoms with Crippen molar-refractivity contribution in [1.29, 1.82) is 0 Å². The molecule has 0 saturated heterocycles. The Kier molecular flexibility index (Phi) is 1.88. The van der Waals surface area contributed by atoms with Crippen LogP contribution in [0.25, 0.3) is 11.2 Å². The molecule has 0 bridgehead atoms. The molecule has 0 radical (unpaired) electrons. The standard InChI is InChI=1S/C7H8N4O2S/c1-10-5-4(8-3-9-5)6(14-13)11(2)7(10)12/h3H,1-2H3,(H,8,9). The molecule has 14 heavy (non-hydrogen) atoms. The van der Waals surface area contributed by atoms with Crippen molar-refractivity contribution in [1.82, 2.24) is 19.1 Å². The average molecular weight is 212 g/mol. The van der Waals surface area contributed by atoms with E-state index in [1.54, 1.807) is 14.1 Å². The minimum Gasteiger partial charge on any atom is -0.341 e. The molecule has 2 rings (SSSR count). The molecule has 0 aliphatic heterocycles. The average Bonchev–Trinajstić information content (AvgIpc) is 2.64. The van der Waals surface area contributed by atoms with Gasteiger partial charge in [0, 0.05) is 14.1 Å². The molecule has 2 heterocycles. The molecular weight excluding hydrogens is 204 g/mol. The summed E-state index contributed by atoms with van der Waals surface area (Å²) in [7, 11) is 3.17. The maximum atomic E-state index is 11.6. The number of rotatable bonds is 0. The molecule has 0 aromatic carbocycles. The molecule has 0 aliphatic rings. The minimum absolute atomic E-state index is 0.261. The molecule has 2 aromatic rings. The molecule has 0 aliphatic carbocycles. The number of H-pyrrole nitrogens is 1. The molecule has 0 fully saturated rings. The van der Waals surface area contributed by atoms with Crippen LogP contribution in [0.1, 0.15) is 0 Å². The second-order valence-electron chi connectivity index (χ2n) is 2.89. The number of hydrogen-bond donors (Lipinski definition) is 1. The number of nitrogens with zero attached hydrogens (tertiary/aromatic N) is 3. The van der Waals surface area contributed by atoms with Crippen LogP contribution >= 0.6 is 0 Å². The summed E-state index contributed by atoms with van der Waals surface area (Å²) < 4.78 is 13.9. The van der Waals surface area contributed by atoms with Gasteiger partial charge in [-0.15, -0.1) is 0 Å². The molecule has 0 spiro atoms. The third kappa shape index (κ3) is 0.987. The maximum Gasteiger partial charge on any atom is 0.330 e. The first kappa shape index (κ1) is 8.95. The van der Waals surface area contributed by atoms with Gasteiger partial charge in [0.25, 0.3) is 0 Å². The Bertz CT molecular complexity index is 644. The number of imidazole rings is 1. The predicted molar refractivity (Wildman–Crippen MR) is 51.7 cm³/mol. The third-order valence-electron chi connectivity index (χ3n) is 2.11. The van der Waals surface area contributed by atoms with Crippen molar-refractivity contribution in [2.45, 2.75) is 0 Å². The Balaban J connectivity index is 3.29. The minimum atomic E-state index is -0.261. The molecule has 0 saturated carbocycles. The van der Waals surface area contributed by atoms with E-state index in [0.717, 1.165) is 0 Å². The second-order valence-corrected chi connectivity index (χ2v) is 3.44. The largest absolute Gasteiger partial charge is 0.341 e. The maximum absolute atomic E-state index is 11.6. The van der Waals surface area contributed by atoms with Crippen LogP contribution in [-0.2, 0) is 25.4 Å². The Morgan fingerprint density at radius 2 is 2.14 bits per heavy atom. The van der Waals surface area contributed by atoms with Gasteiger partial charge in [-0.05, 0) is 0 Å². The van der Waals surface area contributed by atoms with Crippen LogP contribution in [0.2, 0.25) is 0 Å². The lowest BCUT2D eigenvalue weighted by atomic mass is 10.5. The van der Waals surface area contributed by atoms with Gasteiger partial charge in [0.2, 0.25) is 0 Å². The summed E-state index contributed by atoms with van der Waals surface area (Å²) >= 11 is 0.281. The van der Waals surface area contributed by atoms with E-state index in [2.05, 4.69) is 9.97 Å². The van der Waals surface area contributed by atoms with Gasteiger partial charge in [0.05, 0.1) is 6.33 Å². The van der Waals surface area contributed by atoms with Gasteiger partial charge in [-0.1, -0.05) is 0 Å². The van der Waals surface area contributed by atoms with Crippen molar-refractivity contribution in [2.75, 3.05) is 0 Å². The van der Waals surface area contributed by atoms with E-state index in [0.29, 0.717) is 15.8 Å². The fourth-order valence-corrected chi connectivity index (χ4v) is 1.79. The van der Waals surface area contributed by atoms with Gasteiger partial charge in [-0.2, -0.15) is 0 Å². The van der Waals surface area contributed by atoms with Crippen molar-refractivity contribution in [3.05, 3.63) is 21.5 Å². The van der Waals surface area contributed by atoms with Crippen LogP contribution in [-0.4, -0.2) is 23.3 Å². The summed E-state index contributed by atoms with van der Waals surface area (Å²) in [6, 6.07) is 0. The molecule has 7 heteroatoms. The van der Waals surface area contributed by atoms with E-state index in [9.17, 15) is 9.00 Å². The molecule has 6 nitrogen and oxygen atoms in total. The van der Waals surface area contributed by atoms with Gasteiger partial charge < -0.3 is 4.98 Å². The zero-order valence-corrected chi connectivity index (χ0v) is 8.46. The van der Waals surface area contributed by atoms with Crippen molar-refractivity contribution >= 4 is 22.4 Å². The smallest absolute Gasteiger partial charge is 0.330 e. The molecule has 0 atom stereocenters. The highest BCUT2D eigenvalue weighted by Crippen LogP contribution is 2.04. The highest BCUT2D eigenvalue weighted by atomic mass is 32.1. The summed E-state index contributed by atoms with van der Waals surface area (Å²) in [5.41, 5.74) is 0.823. The number of aryl methyl sites for hydroxylation is 1. The van der Waals surface area contributed by atoms with Crippen LogP contribution < -0.4 is 5.69 Å². The van der Waals surface area contributed by atoms with E-state index in [-0.39, 0.29) is 16.9 Å². The molecule has 0 amide bonds. The van der Waals surface area contributed by atoms with Crippen LogP contribution in [0.4, 0.5) is 0 Å². The van der Waals surface area contributed by atoms with Gasteiger partial charge in [-0.3, -0.25) is 9.13 Å². The summed E-state index contributed by atoms with van der Waals surface area (Å²) in [6.07, 6.45) is 1.46. The van der Waals surface area contributed by atoms with E-state index in [1.165, 1.54) is 15.5 Å². The molecule has 2 aromatic heterocycles. The topological polar surface area (TPSA) is 72.7 Å². The van der Waals surface area contributed by atoms with Crippen LogP contribution in [0.15, 0.2) is 11.1 Å². The molecular formula is C7H8N4O2S. The monoisotopic (exact) mass is 212 g/mol. The van der Waals surface area contributed by atoms with Gasteiger partial charge in [-0.25, -0.2) is 14.0 Å². The zero-order valence-electron chi connectivity index (χ0n) is 7.64. The van der Waals surface area contributed by atoms with E-state index in [1.807, 2.05) is 0 Å². The highest BCUT2D eigenvalue weighted by molar-refractivity contribution is 7.57. The lowest BCUT2D eigenvalue weighted by Crippen LogP contribution is -2.28. The quantitative estimate of drug-likeness (QED) is 0.589. The fourth-order valence-electron chi connectivity index (χ4n) is 1.37. The summed E-state index contributed by atoms with van der Waals surface area (Å²) in [4.78, 5) is 18.4. The fraction of sp³-hybridized carbons (Fsp3) is 0.286. The number of hydrogen-bond acceptors (Lipinski definition) is 3. The summed E-state index contributed by atoms with van der Waals surface area (Å²) in [5, 5.41) is 0. The van der Waals surface area contributed by atoms with Crippen LogP contribution in [0.3, 0.4) is 0 Å². The van der Waals surface area contributed by atoms with Crippen molar-refractivity contribution in [3.63, 3.8) is 0 Å². The first-order chi connectivity index (χ1) is 6.66. The SMILES string of the molecule is Cn1c(=S=O)c2[nH]cnc2n(C)c1=O. The van der Waals surface area contributed by atoms with Crippen molar-refractivity contribution in [2.24, 2.45) is 14.1 Å². The number of nitrogens with one attached hydrogen (secondary N) is 1. The van der Waals surface area contributed by atoms with Crippen molar-refractivity contribution in [3.8, 4) is 0 Å². The van der Waals surface area contributed by atoms with Crippen molar-refractivity contribution < 1.29 is 4.21 Å². The molecule has 0 unspecified atom stereocenters. The van der Waals surface area contributed by atoms with Gasteiger partial charge in [0.15, 0.2) is 10.3 Å². The highest BCUT2D eigenvalue weighted by Gasteiger charge is 2.07. The lowest BCUT2D eigenvalue weighted by Gasteiger charge is -2.02. The van der Waals surface area contributed by atoms with Crippen LogP contribution in [0.5, 0.6) is 0 Å². The van der Waals surface area contributed by atoms with Gasteiger partial charge in [0.1, 0.15) is 16.8 Å². The Morgan fingerprint density at radius 1 is 1.43 bits per heavy atom. The lowest BCUT2D eigenvalue weighted by molar-refractivity contribution is 0.691. The number of fused-ring (bicyclic) bond motifs is 1. The Hall–Kier alpha value is -1.63. The first-order valence-electron chi connectivity index (χ1n) is 3.88. The van der Waals surface area contributed by atoms with E-state index < -0.39 is 0 Å². The van der Waals surface area contributed by atoms with Gasteiger partial charge >= 0.3 is 5.69 Å². The Labute approximate surface area is 81.9 Å². The summed E-state index contributed by atoms with van der Waals surface area (Å²) in [5.74, 6) is 0. The number of aromatic amines is 1. The second kappa shape index (κ2) is 2.95. The summed E-state index contributed by atoms with van der Waals surface area (Å²) in [6.45, 7) is 0. The molecule has 74 valence electrons. The predicted octanol–water partition coefficient (Wildman–Crippen LogP) is -0.655. The molecule has 1 N–H and O–H groups in total. The Morgan fingerprint density at radius 3 is 2.79 bits per heavy atom. The first-order valence-corrected chi connectivity index (χ1v) is 4.63. The van der Waals surface area contributed by atoms with E-state index in [4.69, 9.17) is 0 Å². The number of aromatic nitrogens is 4. The zero-order chi connectivity index (χ0) is 10.3. The normalized spacial score (nSPS) is 10.7. The van der Waals surface area contributed by atoms with E-state index >= 15 is 0 Å². The third-order valence-corrected chi connectivity index (χ3v) is 2.74. The van der Waals surface area contributed by atoms with Crippen LogP contribution in [0, 0.1) is 4.64 Å².